The third kappa shape index (κ3) is 2.86. The summed E-state index contributed by atoms with van der Waals surface area (Å²) in [6.45, 7) is 4.94. The van der Waals surface area contributed by atoms with Gasteiger partial charge in [-0.15, -0.1) is 0 Å². The lowest BCUT2D eigenvalue weighted by molar-refractivity contribution is -0.132. The fourth-order valence-corrected chi connectivity index (χ4v) is 4.14. The Hall–Kier alpha value is -3.87. The lowest BCUT2D eigenvalue weighted by Crippen LogP contribution is -2.60. The average Bonchev–Trinajstić information content (AvgIpc) is 3.04. The first-order valence-electron chi connectivity index (χ1n) is 9.74. The fraction of sp³-hybridized carbons (Fsp3) is 0.174. The summed E-state index contributed by atoms with van der Waals surface area (Å²) in [5, 5.41) is 15.3. The van der Waals surface area contributed by atoms with Crippen molar-refractivity contribution in [3.63, 3.8) is 0 Å². The molecule has 5 rings (SSSR count). The zero-order valence-electron chi connectivity index (χ0n) is 16.2. The van der Waals surface area contributed by atoms with Crippen molar-refractivity contribution in [2.75, 3.05) is 18.4 Å². The maximum absolute atomic E-state index is 13.2. The number of likely N-dealkylation sites (tertiary alicyclic amines) is 1. The lowest BCUT2D eigenvalue weighted by atomic mass is 10.1. The summed E-state index contributed by atoms with van der Waals surface area (Å²) >= 11 is 0. The minimum atomic E-state index is -0.119. The molecule has 1 aromatic heterocycles. The Morgan fingerprint density at radius 2 is 2.00 bits per heavy atom. The van der Waals surface area contributed by atoms with Crippen LogP contribution in [0, 0.1) is 0 Å². The predicted molar refractivity (Wildman–Crippen MR) is 114 cm³/mol. The number of aromatic hydroxyl groups is 1. The minimum absolute atomic E-state index is 0.0231. The largest absolute Gasteiger partial charge is 0.508 e. The van der Waals surface area contributed by atoms with Gasteiger partial charge in [0.15, 0.2) is 0 Å². The van der Waals surface area contributed by atoms with E-state index in [-0.39, 0.29) is 23.6 Å². The monoisotopic (exact) mass is 400 g/mol. The molecule has 0 spiro atoms. The van der Waals surface area contributed by atoms with Crippen LogP contribution < -0.4 is 5.32 Å². The second-order valence-corrected chi connectivity index (χ2v) is 7.55. The highest BCUT2D eigenvalue weighted by Crippen LogP contribution is 2.36. The summed E-state index contributed by atoms with van der Waals surface area (Å²) in [7, 11) is 0. The van der Waals surface area contributed by atoms with Gasteiger partial charge in [0.05, 0.1) is 35.2 Å². The summed E-state index contributed by atoms with van der Waals surface area (Å²) in [6, 6.07) is 12.8. The van der Waals surface area contributed by atoms with Crippen molar-refractivity contribution in [2.24, 2.45) is 0 Å². The zero-order valence-corrected chi connectivity index (χ0v) is 16.2. The Morgan fingerprint density at radius 1 is 1.20 bits per heavy atom. The first kappa shape index (κ1) is 18.2. The molecular weight excluding hydrogens is 380 g/mol. The van der Waals surface area contributed by atoms with E-state index in [1.165, 1.54) is 6.08 Å². The molecular formula is C23H20N4O3. The van der Waals surface area contributed by atoms with Crippen LogP contribution in [0.3, 0.4) is 0 Å². The number of nitrogens with one attached hydrogen (secondary N) is 1. The van der Waals surface area contributed by atoms with Crippen molar-refractivity contribution in [1.29, 1.82) is 0 Å². The molecule has 2 aromatic carbocycles. The fourth-order valence-electron chi connectivity index (χ4n) is 4.14. The second kappa shape index (κ2) is 6.88. The lowest BCUT2D eigenvalue weighted by Gasteiger charge is -2.43. The number of hydrogen-bond donors (Lipinski definition) is 2. The van der Waals surface area contributed by atoms with Gasteiger partial charge in [0.25, 0.3) is 5.91 Å². The SMILES string of the molecule is C=CC(=O)N1CC(N2Cc3nccc(Nc4cc(O)cc5ccccc45)c3C2=O)C1. The van der Waals surface area contributed by atoms with E-state index in [0.717, 1.165) is 16.5 Å². The van der Waals surface area contributed by atoms with E-state index in [0.29, 0.717) is 36.6 Å². The maximum Gasteiger partial charge on any atom is 0.258 e. The van der Waals surface area contributed by atoms with Gasteiger partial charge in [-0.3, -0.25) is 14.6 Å². The maximum atomic E-state index is 13.2. The van der Waals surface area contributed by atoms with Crippen molar-refractivity contribution >= 4 is 34.0 Å². The van der Waals surface area contributed by atoms with Crippen molar-refractivity contribution in [3.05, 3.63) is 72.6 Å². The highest BCUT2D eigenvalue weighted by molar-refractivity contribution is 6.05. The van der Waals surface area contributed by atoms with Crippen LogP contribution in [-0.4, -0.2) is 50.8 Å². The van der Waals surface area contributed by atoms with Gasteiger partial charge >= 0.3 is 0 Å². The predicted octanol–water partition coefficient (Wildman–Crippen LogP) is 3.04. The Bertz CT molecular complexity index is 1200. The van der Waals surface area contributed by atoms with Gasteiger partial charge in [-0.2, -0.15) is 0 Å². The quantitative estimate of drug-likeness (QED) is 0.658. The number of rotatable bonds is 4. The molecule has 1 saturated heterocycles. The first-order chi connectivity index (χ1) is 14.5. The number of carbonyl (C=O) groups is 2. The summed E-state index contributed by atoms with van der Waals surface area (Å²) in [5.74, 6) is -0.0660. The molecule has 3 aromatic rings. The Morgan fingerprint density at radius 3 is 2.80 bits per heavy atom. The summed E-state index contributed by atoms with van der Waals surface area (Å²) in [6.07, 6.45) is 2.97. The highest BCUT2D eigenvalue weighted by Gasteiger charge is 2.41. The number of phenols is 1. The van der Waals surface area contributed by atoms with Gasteiger partial charge in [-0.1, -0.05) is 30.8 Å². The molecule has 7 nitrogen and oxygen atoms in total. The van der Waals surface area contributed by atoms with Crippen molar-refractivity contribution < 1.29 is 14.7 Å². The van der Waals surface area contributed by atoms with Crippen molar-refractivity contribution in [3.8, 4) is 5.75 Å². The number of anilines is 2. The third-order valence-corrected chi connectivity index (χ3v) is 5.73. The van der Waals surface area contributed by atoms with E-state index in [2.05, 4.69) is 16.9 Å². The van der Waals surface area contributed by atoms with E-state index in [4.69, 9.17) is 0 Å². The van der Waals surface area contributed by atoms with E-state index >= 15 is 0 Å². The standard InChI is InChI=1S/C23H20N4O3/c1-2-21(29)26-11-15(12-26)27-13-20-22(23(27)30)18(7-8-24-20)25-19-10-16(28)9-14-5-3-4-6-17(14)19/h2-10,15,28H,1,11-13H2,(H,24,25). The molecule has 2 aliphatic rings. The van der Waals surface area contributed by atoms with E-state index < -0.39 is 0 Å². The molecule has 0 aliphatic carbocycles. The molecule has 30 heavy (non-hydrogen) atoms. The summed E-state index contributed by atoms with van der Waals surface area (Å²) in [5.41, 5.74) is 2.62. The van der Waals surface area contributed by atoms with Crippen LogP contribution in [0.2, 0.25) is 0 Å². The number of carbonyl (C=O) groups excluding carboxylic acids is 2. The van der Waals surface area contributed by atoms with Crippen LogP contribution >= 0.6 is 0 Å². The van der Waals surface area contributed by atoms with Gasteiger partial charge in [0, 0.05) is 30.7 Å². The van der Waals surface area contributed by atoms with Gasteiger partial charge < -0.3 is 20.2 Å². The number of nitrogens with zero attached hydrogens (tertiary/aromatic N) is 3. The number of amides is 2. The summed E-state index contributed by atoms with van der Waals surface area (Å²) < 4.78 is 0. The molecule has 2 amide bonds. The van der Waals surface area contributed by atoms with Crippen LogP contribution in [0.15, 0.2) is 61.3 Å². The number of fused-ring (bicyclic) bond motifs is 2. The number of pyridine rings is 1. The molecule has 150 valence electrons. The molecule has 0 atom stereocenters. The van der Waals surface area contributed by atoms with Gasteiger partial charge in [-0.25, -0.2) is 0 Å². The number of benzene rings is 2. The summed E-state index contributed by atoms with van der Waals surface area (Å²) in [4.78, 5) is 32.7. The highest BCUT2D eigenvalue weighted by atomic mass is 16.3. The molecule has 0 unspecified atom stereocenters. The Kier molecular flexibility index (Phi) is 4.17. The van der Waals surface area contributed by atoms with E-state index in [1.54, 1.807) is 34.2 Å². The smallest absolute Gasteiger partial charge is 0.258 e. The molecule has 0 saturated carbocycles. The Labute approximate surface area is 173 Å². The molecule has 0 radical (unpaired) electrons. The molecule has 1 fully saturated rings. The third-order valence-electron chi connectivity index (χ3n) is 5.73. The van der Waals surface area contributed by atoms with Crippen LogP contribution in [-0.2, 0) is 11.3 Å². The number of aromatic nitrogens is 1. The van der Waals surface area contributed by atoms with Gasteiger partial charge in [0.1, 0.15) is 5.75 Å². The number of hydrogen-bond acceptors (Lipinski definition) is 5. The van der Waals surface area contributed by atoms with Crippen LogP contribution in [0.5, 0.6) is 5.75 Å². The van der Waals surface area contributed by atoms with Gasteiger partial charge in [0.2, 0.25) is 5.91 Å². The average molecular weight is 400 g/mol. The van der Waals surface area contributed by atoms with E-state index in [9.17, 15) is 14.7 Å². The Balaban J connectivity index is 1.44. The molecule has 2 aliphatic heterocycles. The minimum Gasteiger partial charge on any atom is -0.508 e. The van der Waals surface area contributed by atoms with E-state index in [1.807, 2.05) is 24.3 Å². The van der Waals surface area contributed by atoms with Crippen LogP contribution in [0.4, 0.5) is 11.4 Å². The molecule has 3 heterocycles. The van der Waals surface area contributed by atoms with Crippen LogP contribution in [0.25, 0.3) is 10.8 Å². The molecule has 7 heteroatoms. The molecule has 0 bridgehead atoms. The van der Waals surface area contributed by atoms with Crippen molar-refractivity contribution in [2.45, 2.75) is 12.6 Å². The van der Waals surface area contributed by atoms with Crippen molar-refractivity contribution in [1.82, 2.24) is 14.8 Å². The molecule has 2 N–H and O–H groups in total. The number of phenolic OH excluding ortho intramolecular Hbond substituents is 1. The van der Waals surface area contributed by atoms with Crippen LogP contribution in [0.1, 0.15) is 16.1 Å². The first-order valence-corrected chi connectivity index (χ1v) is 9.74. The topological polar surface area (TPSA) is 85.8 Å². The normalized spacial score (nSPS) is 15.8. The second-order valence-electron chi connectivity index (χ2n) is 7.55. The van der Waals surface area contributed by atoms with Gasteiger partial charge in [-0.05, 0) is 23.6 Å². The zero-order chi connectivity index (χ0) is 20.8.